The highest BCUT2D eigenvalue weighted by Gasteiger charge is 2.28. The fourth-order valence-electron chi connectivity index (χ4n) is 3.31. The number of likely N-dealkylation sites (N-methyl/N-ethyl adjacent to an activating group) is 1. The van der Waals surface area contributed by atoms with Crippen molar-refractivity contribution in [3.8, 4) is 0 Å². The van der Waals surface area contributed by atoms with Crippen molar-refractivity contribution in [2.24, 2.45) is 0 Å². The molecule has 0 amide bonds. The van der Waals surface area contributed by atoms with Crippen molar-refractivity contribution in [2.45, 2.75) is 31.3 Å². The van der Waals surface area contributed by atoms with Crippen LogP contribution in [0.2, 0.25) is 0 Å². The van der Waals surface area contributed by atoms with Crippen LogP contribution >= 0.6 is 23.5 Å². The molecular weight excluding hydrogens is 298 g/mol. The average Bonchev–Trinajstić information content (AvgIpc) is 2.76. The Morgan fingerprint density at radius 3 is 2.43 bits per heavy atom. The van der Waals surface area contributed by atoms with E-state index in [0.29, 0.717) is 0 Å². The van der Waals surface area contributed by atoms with Crippen molar-refractivity contribution in [2.75, 3.05) is 70.3 Å². The zero-order valence-corrected chi connectivity index (χ0v) is 15.7. The van der Waals surface area contributed by atoms with Crippen LogP contribution in [-0.2, 0) is 0 Å². The Bertz CT molecular complexity index is 281. The number of thioether (sulfide) groups is 2. The van der Waals surface area contributed by atoms with Crippen LogP contribution < -0.4 is 0 Å². The van der Waals surface area contributed by atoms with Crippen molar-refractivity contribution >= 4 is 23.5 Å². The summed E-state index contributed by atoms with van der Waals surface area (Å²) in [5, 5.41) is 0. The van der Waals surface area contributed by atoms with Gasteiger partial charge < -0.3 is 9.80 Å². The average molecular weight is 332 g/mol. The van der Waals surface area contributed by atoms with E-state index in [-0.39, 0.29) is 0 Å². The third kappa shape index (κ3) is 6.30. The quantitative estimate of drug-likeness (QED) is 0.736. The number of piperidine rings is 1. The molecule has 2 fully saturated rings. The molecule has 0 bridgehead atoms. The molecule has 1 unspecified atom stereocenters. The molecule has 124 valence electrons. The molecule has 2 aliphatic heterocycles. The van der Waals surface area contributed by atoms with Gasteiger partial charge in [-0.05, 0) is 60.0 Å². The number of hydrogen-bond acceptors (Lipinski definition) is 5. The lowest BCUT2D eigenvalue weighted by Gasteiger charge is -2.41. The molecule has 0 aromatic heterocycles. The third-order valence-corrected chi connectivity index (χ3v) is 7.16. The largest absolute Gasteiger partial charge is 0.309 e. The lowest BCUT2D eigenvalue weighted by atomic mass is 10.0. The van der Waals surface area contributed by atoms with E-state index in [2.05, 4.69) is 59.4 Å². The van der Waals surface area contributed by atoms with E-state index in [1.165, 1.54) is 68.5 Å². The van der Waals surface area contributed by atoms with Crippen LogP contribution in [-0.4, -0.2) is 97.1 Å². The molecule has 0 aliphatic carbocycles. The lowest BCUT2D eigenvalue weighted by Crippen LogP contribution is -2.51. The summed E-state index contributed by atoms with van der Waals surface area (Å²) in [6.07, 6.45) is 4.06. The second-order valence-electron chi connectivity index (χ2n) is 6.73. The first kappa shape index (κ1) is 17.9. The summed E-state index contributed by atoms with van der Waals surface area (Å²) in [5.74, 6) is 5.40. The first-order chi connectivity index (χ1) is 10.2. The minimum Gasteiger partial charge on any atom is -0.309 e. The van der Waals surface area contributed by atoms with Crippen LogP contribution in [0.15, 0.2) is 0 Å². The van der Waals surface area contributed by atoms with E-state index >= 15 is 0 Å². The molecule has 1 atom stereocenters. The smallest absolute Gasteiger partial charge is 0.0277 e. The van der Waals surface area contributed by atoms with E-state index in [9.17, 15) is 0 Å². The van der Waals surface area contributed by atoms with Gasteiger partial charge in [-0.2, -0.15) is 23.5 Å². The first-order valence-corrected chi connectivity index (χ1v) is 10.7. The van der Waals surface area contributed by atoms with Crippen molar-refractivity contribution in [1.29, 1.82) is 0 Å². The van der Waals surface area contributed by atoms with Crippen LogP contribution in [0, 0.1) is 0 Å². The second kappa shape index (κ2) is 9.66. The van der Waals surface area contributed by atoms with Crippen LogP contribution in [0.5, 0.6) is 0 Å². The van der Waals surface area contributed by atoms with Gasteiger partial charge >= 0.3 is 0 Å². The Balaban J connectivity index is 1.76. The highest BCUT2D eigenvalue weighted by atomic mass is 32.2. The topological polar surface area (TPSA) is 9.72 Å². The Hall–Kier alpha value is 0.580. The van der Waals surface area contributed by atoms with Crippen molar-refractivity contribution in [1.82, 2.24) is 14.7 Å². The van der Waals surface area contributed by atoms with Crippen molar-refractivity contribution < 1.29 is 0 Å². The molecule has 5 heteroatoms. The Morgan fingerprint density at radius 1 is 1.05 bits per heavy atom. The molecule has 0 spiro atoms. The van der Waals surface area contributed by atoms with Gasteiger partial charge in [0.2, 0.25) is 0 Å². The minimum absolute atomic E-state index is 0.777. The molecule has 0 aromatic carbocycles. The third-order valence-electron chi connectivity index (χ3n) is 4.68. The summed E-state index contributed by atoms with van der Waals surface area (Å²) < 4.78 is 0. The highest BCUT2D eigenvalue weighted by molar-refractivity contribution is 8.03. The summed E-state index contributed by atoms with van der Waals surface area (Å²) in [5.41, 5.74) is 0. The van der Waals surface area contributed by atoms with E-state index in [1.807, 2.05) is 0 Å². The predicted octanol–water partition coefficient (Wildman–Crippen LogP) is 2.18. The van der Waals surface area contributed by atoms with Crippen LogP contribution in [0.3, 0.4) is 0 Å². The summed E-state index contributed by atoms with van der Waals surface area (Å²) >= 11 is 4.33. The molecule has 2 rings (SSSR count). The molecule has 3 nitrogen and oxygen atoms in total. The minimum atomic E-state index is 0.777. The molecule has 2 saturated heterocycles. The second-order valence-corrected chi connectivity index (χ2v) is 9.03. The fourth-order valence-corrected chi connectivity index (χ4v) is 5.94. The summed E-state index contributed by atoms with van der Waals surface area (Å²) in [6.45, 7) is 5.07. The Labute approximate surface area is 140 Å². The molecule has 2 heterocycles. The normalized spacial score (nSPS) is 26.4. The molecule has 0 aromatic rings. The van der Waals surface area contributed by atoms with Crippen LogP contribution in [0.4, 0.5) is 0 Å². The summed E-state index contributed by atoms with van der Waals surface area (Å²) in [6, 6.07) is 1.60. The van der Waals surface area contributed by atoms with Crippen LogP contribution in [0.25, 0.3) is 0 Å². The van der Waals surface area contributed by atoms with E-state index in [0.717, 1.165) is 12.1 Å². The number of rotatable bonds is 6. The van der Waals surface area contributed by atoms with Gasteiger partial charge in [-0.25, -0.2) is 0 Å². The number of nitrogens with zero attached hydrogens (tertiary/aromatic N) is 3. The SMILES string of the molecule is CN(C)CCCN(C)C1CCCN(C2CSCCSC2)C1. The number of hydrogen-bond donors (Lipinski definition) is 0. The maximum Gasteiger partial charge on any atom is 0.0277 e. The summed E-state index contributed by atoms with van der Waals surface area (Å²) in [7, 11) is 6.67. The zero-order chi connectivity index (χ0) is 15.1. The van der Waals surface area contributed by atoms with Gasteiger partial charge in [-0.1, -0.05) is 0 Å². The fraction of sp³-hybridized carbons (Fsp3) is 1.00. The van der Waals surface area contributed by atoms with Gasteiger partial charge in [-0.3, -0.25) is 4.90 Å². The molecule has 2 aliphatic rings. The van der Waals surface area contributed by atoms with Gasteiger partial charge in [-0.15, -0.1) is 0 Å². The molecule has 0 radical (unpaired) electrons. The van der Waals surface area contributed by atoms with E-state index in [1.54, 1.807) is 0 Å². The van der Waals surface area contributed by atoms with E-state index in [4.69, 9.17) is 0 Å². The lowest BCUT2D eigenvalue weighted by molar-refractivity contribution is 0.0960. The number of likely N-dealkylation sites (tertiary alicyclic amines) is 1. The van der Waals surface area contributed by atoms with Gasteiger partial charge in [0.05, 0.1) is 0 Å². The Morgan fingerprint density at radius 2 is 1.76 bits per heavy atom. The zero-order valence-electron chi connectivity index (χ0n) is 14.1. The monoisotopic (exact) mass is 331 g/mol. The van der Waals surface area contributed by atoms with Crippen LogP contribution in [0.1, 0.15) is 19.3 Å². The molecule has 21 heavy (non-hydrogen) atoms. The van der Waals surface area contributed by atoms with E-state index < -0.39 is 0 Å². The van der Waals surface area contributed by atoms with Gasteiger partial charge in [0, 0.05) is 41.6 Å². The summed E-state index contributed by atoms with van der Waals surface area (Å²) in [4.78, 5) is 7.70. The maximum atomic E-state index is 2.79. The Kier molecular flexibility index (Phi) is 8.25. The van der Waals surface area contributed by atoms with Crippen molar-refractivity contribution in [3.05, 3.63) is 0 Å². The molecule has 0 saturated carbocycles. The van der Waals surface area contributed by atoms with Gasteiger partial charge in [0.15, 0.2) is 0 Å². The standard InChI is InChI=1S/C16H33N3S2/c1-17(2)7-5-8-18(3)15-6-4-9-19(12-15)16-13-20-10-11-21-14-16/h15-16H,4-14H2,1-3H3. The van der Waals surface area contributed by atoms with Crippen molar-refractivity contribution in [3.63, 3.8) is 0 Å². The molecular formula is C16H33N3S2. The predicted molar refractivity (Wildman–Crippen MR) is 98.8 cm³/mol. The van der Waals surface area contributed by atoms with Gasteiger partial charge in [0.25, 0.3) is 0 Å². The first-order valence-electron chi connectivity index (χ1n) is 8.41. The highest BCUT2D eigenvalue weighted by Crippen LogP contribution is 2.24. The van der Waals surface area contributed by atoms with Gasteiger partial charge in [0.1, 0.15) is 0 Å². The molecule has 0 N–H and O–H groups in total. The maximum absolute atomic E-state index is 2.79.